The summed E-state index contributed by atoms with van der Waals surface area (Å²) in [6, 6.07) is 6.69. The summed E-state index contributed by atoms with van der Waals surface area (Å²) in [5.41, 5.74) is 5.74. The van der Waals surface area contributed by atoms with Crippen molar-refractivity contribution in [2.24, 2.45) is 17.6 Å². The molecular weight excluding hydrogens is 322 g/mol. The second kappa shape index (κ2) is 7.72. The van der Waals surface area contributed by atoms with Crippen molar-refractivity contribution in [2.45, 2.75) is 45.6 Å². The van der Waals surface area contributed by atoms with Crippen molar-refractivity contribution in [3.8, 4) is 0 Å². The van der Waals surface area contributed by atoms with Gasteiger partial charge in [-0.05, 0) is 51.2 Å². The lowest BCUT2D eigenvalue weighted by Crippen LogP contribution is -2.45. The number of benzene rings is 1. The fourth-order valence-electron chi connectivity index (χ4n) is 4.07. The molecule has 2 N–H and O–H groups in total. The summed E-state index contributed by atoms with van der Waals surface area (Å²) in [6.07, 6.45) is 2.16. The molecule has 1 amide bonds. The highest BCUT2D eigenvalue weighted by Gasteiger charge is 2.38. The molecule has 1 aliphatic rings. The fraction of sp³-hybridized carbons (Fsp3) is 0.611. The molecule has 0 radical (unpaired) electrons. The van der Waals surface area contributed by atoms with Crippen LogP contribution >= 0.6 is 0 Å². The van der Waals surface area contributed by atoms with Gasteiger partial charge in [0.25, 0.3) is 5.69 Å². The average molecular weight is 349 g/mol. The Bertz CT molecular complexity index is 607. The molecule has 2 rings (SSSR count). The average Bonchev–Trinajstić information content (AvgIpc) is 2.54. The third kappa shape index (κ3) is 4.61. The third-order valence-electron chi connectivity index (χ3n) is 5.23. The summed E-state index contributed by atoms with van der Waals surface area (Å²) in [5, 5.41) is 10.8. The predicted molar refractivity (Wildman–Crippen MR) is 96.6 cm³/mol. The Morgan fingerprint density at radius 3 is 2.36 bits per heavy atom. The maximum Gasteiger partial charge on any atom is 0.405 e. The van der Waals surface area contributed by atoms with Crippen molar-refractivity contribution in [1.82, 2.24) is 0 Å². The second-order valence-corrected chi connectivity index (χ2v) is 7.14. The van der Waals surface area contributed by atoms with E-state index in [-0.39, 0.29) is 16.5 Å². The summed E-state index contributed by atoms with van der Waals surface area (Å²) >= 11 is 0. The van der Waals surface area contributed by atoms with Gasteiger partial charge in [0.2, 0.25) is 0 Å². The zero-order valence-electron chi connectivity index (χ0n) is 15.1. The molecule has 1 aliphatic heterocycles. The van der Waals surface area contributed by atoms with Crippen LogP contribution in [0.5, 0.6) is 0 Å². The first kappa shape index (κ1) is 19.0. The van der Waals surface area contributed by atoms with Crippen molar-refractivity contribution < 1.29 is 14.5 Å². The number of ether oxygens (including phenoxy) is 1. The number of hydrogen-bond acceptors (Lipinski definition) is 5. The van der Waals surface area contributed by atoms with Crippen LogP contribution in [0.2, 0.25) is 0 Å². The summed E-state index contributed by atoms with van der Waals surface area (Å²) in [4.78, 5) is 23.8. The highest BCUT2D eigenvalue weighted by molar-refractivity contribution is 5.65. The Morgan fingerprint density at radius 2 is 1.92 bits per heavy atom. The number of hydrogen-bond donors (Lipinski definition) is 1. The standard InChI is InChI=1S/C18H27N3O4/c1-4-16(18(2,3)25-17(19)22)13-9-11-20(12-10-13)14-5-7-15(8-6-14)21(23)24/h5-8,13,16H,4,9-12H2,1-3H3,(H2,19,22). The first-order valence-electron chi connectivity index (χ1n) is 8.72. The lowest BCUT2D eigenvalue weighted by molar-refractivity contribution is -0.384. The van der Waals surface area contributed by atoms with Gasteiger partial charge in [0.15, 0.2) is 0 Å². The number of nitrogens with two attached hydrogens (primary N) is 1. The van der Waals surface area contributed by atoms with Gasteiger partial charge in [-0.25, -0.2) is 4.79 Å². The van der Waals surface area contributed by atoms with E-state index in [0.29, 0.717) is 5.92 Å². The number of nitro benzene ring substituents is 1. The molecule has 0 aromatic heterocycles. The van der Waals surface area contributed by atoms with E-state index in [0.717, 1.165) is 38.0 Å². The topological polar surface area (TPSA) is 98.7 Å². The fourth-order valence-corrected chi connectivity index (χ4v) is 4.07. The molecule has 1 atom stereocenters. The molecule has 1 unspecified atom stereocenters. The molecule has 1 saturated heterocycles. The number of piperidine rings is 1. The molecular formula is C18H27N3O4. The zero-order chi connectivity index (χ0) is 18.6. The van der Waals surface area contributed by atoms with Crippen molar-refractivity contribution in [1.29, 1.82) is 0 Å². The number of primary amides is 1. The van der Waals surface area contributed by atoms with Crippen LogP contribution in [0.3, 0.4) is 0 Å². The SMILES string of the molecule is CCC(C1CCN(c2ccc([N+](=O)[O-])cc2)CC1)C(C)(C)OC(N)=O. The van der Waals surface area contributed by atoms with E-state index in [9.17, 15) is 14.9 Å². The molecule has 138 valence electrons. The number of anilines is 1. The second-order valence-electron chi connectivity index (χ2n) is 7.14. The first-order chi connectivity index (χ1) is 11.7. The van der Waals surface area contributed by atoms with E-state index in [4.69, 9.17) is 10.5 Å². The minimum Gasteiger partial charge on any atom is -0.443 e. The van der Waals surface area contributed by atoms with Gasteiger partial charge >= 0.3 is 6.09 Å². The Morgan fingerprint density at radius 1 is 1.36 bits per heavy atom. The molecule has 0 bridgehead atoms. The summed E-state index contributed by atoms with van der Waals surface area (Å²) in [5.74, 6) is 0.702. The molecule has 1 aromatic rings. The molecule has 1 fully saturated rings. The molecule has 0 spiro atoms. The van der Waals surface area contributed by atoms with Crippen LogP contribution < -0.4 is 10.6 Å². The van der Waals surface area contributed by atoms with Crippen LogP contribution in [0.25, 0.3) is 0 Å². The van der Waals surface area contributed by atoms with Crippen LogP contribution in [0.15, 0.2) is 24.3 Å². The largest absolute Gasteiger partial charge is 0.443 e. The van der Waals surface area contributed by atoms with E-state index in [2.05, 4.69) is 11.8 Å². The van der Waals surface area contributed by atoms with E-state index < -0.39 is 11.7 Å². The maximum atomic E-state index is 11.2. The lowest BCUT2D eigenvalue weighted by Gasteiger charge is -2.42. The Balaban J connectivity index is 2.00. The predicted octanol–water partition coefficient (Wildman–Crippen LogP) is 3.71. The van der Waals surface area contributed by atoms with Crippen LogP contribution in [-0.4, -0.2) is 29.7 Å². The van der Waals surface area contributed by atoms with Crippen molar-refractivity contribution in [3.05, 3.63) is 34.4 Å². The normalized spacial score (nSPS) is 17.2. The van der Waals surface area contributed by atoms with Crippen LogP contribution in [0.1, 0.15) is 40.0 Å². The number of non-ortho nitro benzene ring substituents is 1. The minimum atomic E-state index is -0.730. The molecule has 0 aliphatic carbocycles. The number of nitrogens with zero attached hydrogens (tertiary/aromatic N) is 2. The minimum absolute atomic E-state index is 0.107. The molecule has 0 saturated carbocycles. The van der Waals surface area contributed by atoms with Gasteiger partial charge in [-0.1, -0.05) is 6.92 Å². The van der Waals surface area contributed by atoms with E-state index in [1.165, 1.54) is 0 Å². The maximum absolute atomic E-state index is 11.2. The smallest absolute Gasteiger partial charge is 0.405 e. The molecule has 25 heavy (non-hydrogen) atoms. The van der Waals surface area contributed by atoms with Crippen molar-refractivity contribution in [2.75, 3.05) is 18.0 Å². The van der Waals surface area contributed by atoms with E-state index in [1.54, 1.807) is 24.3 Å². The molecule has 1 heterocycles. The van der Waals surface area contributed by atoms with Gasteiger partial charge in [0.05, 0.1) is 4.92 Å². The number of carbonyl (C=O) groups excluding carboxylic acids is 1. The van der Waals surface area contributed by atoms with E-state index in [1.807, 2.05) is 13.8 Å². The summed E-state index contributed by atoms with van der Waals surface area (Å²) in [7, 11) is 0. The zero-order valence-corrected chi connectivity index (χ0v) is 15.1. The number of rotatable bonds is 6. The Hall–Kier alpha value is -2.31. The number of carbonyl (C=O) groups is 1. The lowest BCUT2D eigenvalue weighted by atomic mass is 9.74. The van der Waals surface area contributed by atoms with Crippen LogP contribution in [-0.2, 0) is 4.74 Å². The monoisotopic (exact) mass is 349 g/mol. The third-order valence-corrected chi connectivity index (χ3v) is 5.23. The van der Waals surface area contributed by atoms with Gasteiger partial charge in [-0.3, -0.25) is 10.1 Å². The van der Waals surface area contributed by atoms with E-state index >= 15 is 0 Å². The van der Waals surface area contributed by atoms with Gasteiger partial charge in [0.1, 0.15) is 5.60 Å². The highest BCUT2D eigenvalue weighted by atomic mass is 16.6. The van der Waals surface area contributed by atoms with Crippen LogP contribution in [0.4, 0.5) is 16.2 Å². The number of amides is 1. The Kier molecular flexibility index (Phi) is 5.87. The van der Waals surface area contributed by atoms with Gasteiger partial charge in [-0.2, -0.15) is 0 Å². The molecule has 7 nitrogen and oxygen atoms in total. The summed E-state index contributed by atoms with van der Waals surface area (Å²) < 4.78 is 5.35. The quantitative estimate of drug-likeness (QED) is 0.623. The highest BCUT2D eigenvalue weighted by Crippen LogP contribution is 2.37. The van der Waals surface area contributed by atoms with Crippen LogP contribution in [0, 0.1) is 22.0 Å². The first-order valence-corrected chi connectivity index (χ1v) is 8.72. The molecule has 7 heteroatoms. The summed E-state index contributed by atoms with van der Waals surface area (Å²) in [6.45, 7) is 7.72. The van der Waals surface area contributed by atoms with Crippen molar-refractivity contribution >= 4 is 17.5 Å². The Labute approximate surface area is 148 Å². The van der Waals surface area contributed by atoms with Gasteiger partial charge < -0.3 is 15.4 Å². The number of nitro groups is 1. The van der Waals surface area contributed by atoms with Gasteiger partial charge in [0, 0.05) is 36.8 Å². The van der Waals surface area contributed by atoms with Crippen molar-refractivity contribution in [3.63, 3.8) is 0 Å². The van der Waals surface area contributed by atoms with Gasteiger partial charge in [-0.15, -0.1) is 0 Å². The molecule has 1 aromatic carbocycles.